The van der Waals surface area contributed by atoms with Crippen molar-refractivity contribution in [3.8, 4) is 11.5 Å². The Morgan fingerprint density at radius 1 is 1.08 bits per heavy atom. The van der Waals surface area contributed by atoms with Crippen molar-refractivity contribution in [1.29, 1.82) is 0 Å². The number of benzene rings is 2. The molecule has 0 aliphatic heterocycles. The number of hydrogen-bond donors (Lipinski definition) is 2. The number of nitrogens with one attached hydrogen (secondary N) is 2. The molecule has 8 heteroatoms. The SMILES string of the molecule is COc1ccc(S(=O)(=O)NCCCOc2cccc(NC(C)=O)c2)cc1. The first kappa shape index (κ1) is 19.7. The number of rotatable bonds is 9. The van der Waals surface area contributed by atoms with Crippen LogP contribution in [0.3, 0.4) is 0 Å². The summed E-state index contributed by atoms with van der Waals surface area (Å²) >= 11 is 0. The number of methoxy groups -OCH3 is 1. The van der Waals surface area contributed by atoms with E-state index in [4.69, 9.17) is 9.47 Å². The number of ether oxygens (including phenoxy) is 2. The van der Waals surface area contributed by atoms with Crippen LogP contribution in [0.4, 0.5) is 5.69 Å². The van der Waals surface area contributed by atoms with Gasteiger partial charge in [0.1, 0.15) is 11.5 Å². The Morgan fingerprint density at radius 2 is 1.81 bits per heavy atom. The summed E-state index contributed by atoms with van der Waals surface area (Å²) in [7, 11) is -2.04. The van der Waals surface area contributed by atoms with Gasteiger partial charge in [-0.05, 0) is 42.8 Å². The molecule has 0 aliphatic rings. The zero-order valence-corrected chi connectivity index (χ0v) is 15.5. The normalized spacial score (nSPS) is 11.0. The van der Waals surface area contributed by atoms with Crippen LogP contribution in [-0.4, -0.2) is 34.6 Å². The number of anilines is 1. The molecule has 26 heavy (non-hydrogen) atoms. The zero-order valence-electron chi connectivity index (χ0n) is 14.7. The molecule has 0 saturated carbocycles. The molecule has 0 aromatic heterocycles. The molecule has 0 unspecified atom stereocenters. The van der Waals surface area contributed by atoms with Gasteiger partial charge in [-0.15, -0.1) is 0 Å². The second kappa shape index (κ2) is 9.21. The van der Waals surface area contributed by atoms with Gasteiger partial charge in [0, 0.05) is 25.2 Å². The zero-order chi connectivity index (χ0) is 19.0. The lowest BCUT2D eigenvalue weighted by Crippen LogP contribution is -2.25. The van der Waals surface area contributed by atoms with E-state index in [-0.39, 0.29) is 17.3 Å². The molecule has 2 aromatic carbocycles. The van der Waals surface area contributed by atoms with Crippen molar-refractivity contribution in [2.24, 2.45) is 0 Å². The minimum atomic E-state index is -3.56. The molecule has 0 heterocycles. The number of carbonyl (C=O) groups is 1. The van der Waals surface area contributed by atoms with Crippen LogP contribution < -0.4 is 19.5 Å². The van der Waals surface area contributed by atoms with Crippen molar-refractivity contribution in [3.63, 3.8) is 0 Å². The highest BCUT2D eigenvalue weighted by Gasteiger charge is 2.13. The molecule has 2 aromatic rings. The summed E-state index contributed by atoms with van der Waals surface area (Å²) in [5.74, 6) is 1.04. The van der Waals surface area contributed by atoms with Crippen molar-refractivity contribution < 1.29 is 22.7 Å². The topological polar surface area (TPSA) is 93.7 Å². The van der Waals surface area contributed by atoms with Crippen LogP contribution in [0, 0.1) is 0 Å². The number of amides is 1. The number of sulfonamides is 1. The van der Waals surface area contributed by atoms with Gasteiger partial charge in [-0.1, -0.05) is 6.07 Å². The van der Waals surface area contributed by atoms with Crippen LogP contribution in [0.2, 0.25) is 0 Å². The molecule has 0 radical (unpaired) electrons. The summed E-state index contributed by atoms with van der Waals surface area (Å²) in [4.78, 5) is 11.2. The second-order valence-corrected chi connectivity index (χ2v) is 7.25. The lowest BCUT2D eigenvalue weighted by atomic mass is 10.3. The average Bonchev–Trinajstić information content (AvgIpc) is 2.61. The summed E-state index contributed by atoms with van der Waals surface area (Å²) < 4.78 is 37.5. The summed E-state index contributed by atoms with van der Waals surface area (Å²) in [6.07, 6.45) is 0.500. The fourth-order valence-corrected chi connectivity index (χ4v) is 3.25. The minimum Gasteiger partial charge on any atom is -0.497 e. The minimum absolute atomic E-state index is 0.157. The summed E-state index contributed by atoms with van der Waals surface area (Å²) in [5, 5.41) is 2.67. The summed E-state index contributed by atoms with van der Waals surface area (Å²) in [6.45, 7) is 2.02. The third kappa shape index (κ3) is 6.05. The van der Waals surface area contributed by atoms with E-state index in [9.17, 15) is 13.2 Å². The fraction of sp³-hybridized carbons (Fsp3) is 0.278. The highest BCUT2D eigenvalue weighted by molar-refractivity contribution is 7.89. The van der Waals surface area contributed by atoms with E-state index in [1.165, 1.54) is 26.2 Å². The smallest absolute Gasteiger partial charge is 0.240 e. The predicted octanol–water partition coefficient (Wildman–Crippen LogP) is 2.40. The Balaban J connectivity index is 1.78. The summed E-state index contributed by atoms with van der Waals surface area (Å²) in [6, 6.07) is 13.2. The average molecular weight is 378 g/mol. The second-order valence-electron chi connectivity index (χ2n) is 5.48. The van der Waals surface area contributed by atoms with Gasteiger partial charge in [-0.25, -0.2) is 13.1 Å². The van der Waals surface area contributed by atoms with Crippen molar-refractivity contribution >= 4 is 21.6 Å². The maximum absolute atomic E-state index is 12.2. The Hall–Kier alpha value is -2.58. The molecule has 140 valence electrons. The third-order valence-electron chi connectivity index (χ3n) is 3.41. The van der Waals surface area contributed by atoms with E-state index < -0.39 is 10.0 Å². The van der Waals surface area contributed by atoms with Gasteiger partial charge in [0.25, 0.3) is 0 Å². The Labute approximate surface area is 153 Å². The van der Waals surface area contributed by atoms with Gasteiger partial charge in [0.15, 0.2) is 0 Å². The third-order valence-corrected chi connectivity index (χ3v) is 4.88. The first-order valence-electron chi connectivity index (χ1n) is 8.05. The number of hydrogen-bond acceptors (Lipinski definition) is 5. The highest BCUT2D eigenvalue weighted by atomic mass is 32.2. The Bertz CT molecular complexity index is 835. The van der Waals surface area contributed by atoms with E-state index in [0.29, 0.717) is 30.2 Å². The molecule has 0 aliphatic carbocycles. The predicted molar refractivity (Wildman–Crippen MR) is 99.0 cm³/mol. The van der Waals surface area contributed by atoms with Crippen LogP contribution in [0.1, 0.15) is 13.3 Å². The molecular weight excluding hydrogens is 356 g/mol. The van der Waals surface area contributed by atoms with E-state index in [1.807, 2.05) is 0 Å². The molecule has 7 nitrogen and oxygen atoms in total. The van der Waals surface area contributed by atoms with Gasteiger partial charge >= 0.3 is 0 Å². The van der Waals surface area contributed by atoms with Gasteiger partial charge in [0.2, 0.25) is 15.9 Å². The molecule has 0 spiro atoms. The van der Waals surface area contributed by atoms with Gasteiger partial charge in [0.05, 0.1) is 18.6 Å². The van der Waals surface area contributed by atoms with Crippen LogP contribution in [0.25, 0.3) is 0 Å². The van der Waals surface area contributed by atoms with E-state index in [1.54, 1.807) is 36.4 Å². The van der Waals surface area contributed by atoms with E-state index in [0.717, 1.165) is 0 Å². The van der Waals surface area contributed by atoms with Crippen LogP contribution >= 0.6 is 0 Å². The Kier molecular flexibility index (Phi) is 6.99. The molecule has 2 rings (SSSR count). The first-order valence-corrected chi connectivity index (χ1v) is 9.53. The van der Waals surface area contributed by atoms with Gasteiger partial charge < -0.3 is 14.8 Å². The first-order chi connectivity index (χ1) is 12.4. The van der Waals surface area contributed by atoms with Crippen molar-refractivity contribution in [2.45, 2.75) is 18.2 Å². The monoisotopic (exact) mass is 378 g/mol. The van der Waals surface area contributed by atoms with Crippen molar-refractivity contribution in [3.05, 3.63) is 48.5 Å². The van der Waals surface area contributed by atoms with Gasteiger partial charge in [-0.3, -0.25) is 4.79 Å². The lowest BCUT2D eigenvalue weighted by Gasteiger charge is -2.10. The van der Waals surface area contributed by atoms with Crippen LogP contribution in [0.5, 0.6) is 11.5 Å². The summed E-state index contributed by atoms with van der Waals surface area (Å²) in [5.41, 5.74) is 0.648. The molecule has 0 saturated heterocycles. The van der Waals surface area contributed by atoms with Gasteiger partial charge in [-0.2, -0.15) is 0 Å². The molecule has 0 atom stereocenters. The fourth-order valence-electron chi connectivity index (χ4n) is 2.17. The van der Waals surface area contributed by atoms with Crippen LogP contribution in [0.15, 0.2) is 53.4 Å². The maximum atomic E-state index is 12.2. The van der Waals surface area contributed by atoms with Crippen LogP contribution in [-0.2, 0) is 14.8 Å². The maximum Gasteiger partial charge on any atom is 0.240 e. The molecule has 0 bridgehead atoms. The molecule has 0 fully saturated rings. The quantitative estimate of drug-likeness (QED) is 0.654. The number of carbonyl (C=O) groups excluding carboxylic acids is 1. The molecule has 1 amide bonds. The van der Waals surface area contributed by atoms with E-state index in [2.05, 4.69) is 10.0 Å². The van der Waals surface area contributed by atoms with Crippen molar-refractivity contribution in [1.82, 2.24) is 4.72 Å². The molecular formula is C18H22N2O5S. The molecule has 2 N–H and O–H groups in total. The van der Waals surface area contributed by atoms with Crippen molar-refractivity contribution in [2.75, 3.05) is 25.6 Å². The lowest BCUT2D eigenvalue weighted by molar-refractivity contribution is -0.114. The van der Waals surface area contributed by atoms with E-state index >= 15 is 0 Å². The highest BCUT2D eigenvalue weighted by Crippen LogP contribution is 2.18. The standard InChI is InChI=1S/C18H22N2O5S/c1-14(21)20-15-5-3-6-17(13-15)25-12-4-11-19-26(22,23)18-9-7-16(24-2)8-10-18/h3,5-10,13,19H,4,11-12H2,1-2H3,(H,20,21). The Morgan fingerprint density at radius 3 is 2.46 bits per heavy atom. The largest absolute Gasteiger partial charge is 0.497 e.